The summed E-state index contributed by atoms with van der Waals surface area (Å²) in [5.41, 5.74) is -0.816. The predicted octanol–water partition coefficient (Wildman–Crippen LogP) is 4.56. The molecule has 1 aliphatic rings. The summed E-state index contributed by atoms with van der Waals surface area (Å²) in [4.78, 5) is 16.8. The number of carbonyl (C=O) groups excluding carboxylic acids is 1. The molecule has 26 heavy (non-hydrogen) atoms. The second-order valence-electron chi connectivity index (χ2n) is 7.70. The third-order valence-electron chi connectivity index (χ3n) is 4.37. The topological polar surface area (TPSA) is 77.2 Å². The molecule has 0 radical (unpaired) electrons. The van der Waals surface area contributed by atoms with Gasteiger partial charge in [-0.2, -0.15) is 4.98 Å². The summed E-state index contributed by atoms with van der Waals surface area (Å²) in [6, 6.07) is 6.02. The number of benzene rings is 1. The number of carbonyl (C=O) groups is 1. The van der Waals surface area contributed by atoms with Crippen molar-refractivity contribution >= 4 is 6.09 Å². The minimum absolute atomic E-state index is 0.301. The fraction of sp³-hybridized carbons (Fsp3) is 0.526. The molecule has 6 nitrogen and oxygen atoms in total. The van der Waals surface area contributed by atoms with E-state index in [9.17, 15) is 9.18 Å². The molecule has 0 spiro atoms. The Morgan fingerprint density at radius 3 is 2.65 bits per heavy atom. The lowest BCUT2D eigenvalue weighted by atomic mass is 9.81. The van der Waals surface area contributed by atoms with Crippen molar-refractivity contribution in [2.45, 2.75) is 64.0 Å². The van der Waals surface area contributed by atoms with Crippen LogP contribution >= 0.6 is 0 Å². The van der Waals surface area contributed by atoms with E-state index in [1.165, 1.54) is 12.1 Å². The zero-order valence-corrected chi connectivity index (χ0v) is 15.3. The molecule has 1 aromatic heterocycles. The van der Waals surface area contributed by atoms with Crippen LogP contribution < -0.4 is 5.32 Å². The number of hydrogen-bond acceptors (Lipinski definition) is 5. The average molecular weight is 361 g/mol. The Labute approximate surface area is 152 Å². The van der Waals surface area contributed by atoms with E-state index in [4.69, 9.17) is 9.26 Å². The maximum atomic E-state index is 13.5. The van der Waals surface area contributed by atoms with Gasteiger partial charge in [-0.1, -0.05) is 36.6 Å². The highest BCUT2D eigenvalue weighted by Gasteiger charge is 2.41. The molecular formula is C19H24FN3O3. The van der Waals surface area contributed by atoms with E-state index in [2.05, 4.69) is 15.5 Å². The number of nitrogens with one attached hydrogen (secondary N) is 1. The van der Waals surface area contributed by atoms with E-state index < -0.39 is 17.2 Å². The Morgan fingerprint density at radius 1 is 1.27 bits per heavy atom. The molecule has 140 valence electrons. The first-order valence-electron chi connectivity index (χ1n) is 8.89. The quantitative estimate of drug-likeness (QED) is 0.867. The smallest absolute Gasteiger partial charge is 0.408 e. The van der Waals surface area contributed by atoms with Gasteiger partial charge in [-0.3, -0.25) is 0 Å². The molecule has 0 aliphatic heterocycles. The first kappa shape index (κ1) is 18.4. The molecule has 1 N–H and O–H groups in total. The lowest BCUT2D eigenvalue weighted by molar-refractivity contribution is 0.0384. The van der Waals surface area contributed by atoms with E-state index >= 15 is 0 Å². The van der Waals surface area contributed by atoms with E-state index in [1.807, 2.05) is 20.8 Å². The molecule has 1 heterocycles. The minimum atomic E-state index is -0.751. The first-order chi connectivity index (χ1) is 12.3. The Bertz CT molecular complexity index is 776. The molecule has 0 unspecified atom stereocenters. The third-order valence-corrected chi connectivity index (χ3v) is 4.37. The van der Waals surface area contributed by atoms with Crippen LogP contribution in [-0.2, 0) is 10.3 Å². The van der Waals surface area contributed by atoms with Gasteiger partial charge in [0.15, 0.2) is 0 Å². The summed E-state index contributed by atoms with van der Waals surface area (Å²) in [6.45, 7) is 5.44. The van der Waals surface area contributed by atoms with Crippen LogP contribution in [-0.4, -0.2) is 21.8 Å². The van der Waals surface area contributed by atoms with Gasteiger partial charge in [-0.05, 0) is 45.7 Å². The molecule has 1 fully saturated rings. The number of ether oxygens (including phenoxy) is 1. The molecule has 1 saturated carbocycles. The Kier molecular flexibility index (Phi) is 4.98. The van der Waals surface area contributed by atoms with Crippen molar-refractivity contribution in [2.75, 3.05) is 0 Å². The van der Waals surface area contributed by atoms with Crippen LogP contribution in [0, 0.1) is 5.82 Å². The van der Waals surface area contributed by atoms with Crippen molar-refractivity contribution in [1.82, 2.24) is 15.5 Å². The highest BCUT2D eigenvalue weighted by Crippen LogP contribution is 2.37. The second-order valence-corrected chi connectivity index (χ2v) is 7.70. The number of amides is 1. The van der Waals surface area contributed by atoms with Gasteiger partial charge in [0.1, 0.15) is 17.0 Å². The van der Waals surface area contributed by atoms with Crippen LogP contribution in [0.25, 0.3) is 11.4 Å². The third kappa shape index (κ3) is 4.20. The molecule has 1 amide bonds. The number of aromatic nitrogens is 2. The van der Waals surface area contributed by atoms with Gasteiger partial charge in [-0.15, -0.1) is 0 Å². The summed E-state index contributed by atoms with van der Waals surface area (Å²) in [5, 5.41) is 6.93. The Balaban J connectivity index is 1.87. The average Bonchev–Trinajstić information content (AvgIpc) is 3.04. The van der Waals surface area contributed by atoms with Crippen molar-refractivity contribution in [2.24, 2.45) is 0 Å². The van der Waals surface area contributed by atoms with E-state index in [1.54, 1.807) is 12.1 Å². The standard InChI is InChI=1S/C19H24FN3O3/c1-18(2,3)25-17(24)22-19(10-5-4-6-11-19)16-21-15(23-26-16)13-8-7-9-14(20)12-13/h7-9,12H,4-6,10-11H2,1-3H3,(H,22,24). The zero-order chi connectivity index (χ0) is 18.8. The van der Waals surface area contributed by atoms with Gasteiger partial charge in [0.25, 0.3) is 5.89 Å². The van der Waals surface area contributed by atoms with E-state index in [0.717, 1.165) is 19.3 Å². The largest absolute Gasteiger partial charge is 0.444 e. The monoisotopic (exact) mass is 361 g/mol. The summed E-state index contributed by atoms with van der Waals surface area (Å²) < 4.78 is 24.3. The predicted molar refractivity (Wildman–Crippen MR) is 93.8 cm³/mol. The lowest BCUT2D eigenvalue weighted by Gasteiger charge is -2.35. The van der Waals surface area contributed by atoms with Gasteiger partial charge in [0, 0.05) is 5.56 Å². The van der Waals surface area contributed by atoms with Crippen LogP contribution in [0.2, 0.25) is 0 Å². The fourth-order valence-electron chi connectivity index (χ4n) is 3.21. The maximum Gasteiger partial charge on any atom is 0.408 e. The number of nitrogens with zero attached hydrogens (tertiary/aromatic N) is 2. The Hall–Kier alpha value is -2.44. The first-order valence-corrected chi connectivity index (χ1v) is 8.89. The van der Waals surface area contributed by atoms with E-state index in [0.29, 0.717) is 30.1 Å². The zero-order valence-electron chi connectivity index (χ0n) is 15.3. The molecule has 1 aliphatic carbocycles. The molecule has 1 aromatic carbocycles. The molecule has 3 rings (SSSR count). The molecular weight excluding hydrogens is 337 g/mol. The van der Waals surface area contributed by atoms with Crippen molar-refractivity contribution in [1.29, 1.82) is 0 Å². The van der Waals surface area contributed by atoms with Crippen molar-refractivity contribution < 1.29 is 18.4 Å². The SMILES string of the molecule is CC(C)(C)OC(=O)NC1(c2nc(-c3cccc(F)c3)no2)CCCCC1. The summed E-state index contributed by atoms with van der Waals surface area (Å²) in [5.74, 6) is 0.269. The molecule has 0 saturated heterocycles. The fourth-order valence-corrected chi connectivity index (χ4v) is 3.21. The normalized spacial score (nSPS) is 16.9. The lowest BCUT2D eigenvalue weighted by Crippen LogP contribution is -2.49. The van der Waals surface area contributed by atoms with Crippen molar-refractivity contribution in [3.8, 4) is 11.4 Å². The minimum Gasteiger partial charge on any atom is -0.444 e. The molecule has 0 bridgehead atoms. The van der Waals surface area contributed by atoms with Crippen LogP contribution in [0.15, 0.2) is 28.8 Å². The number of alkyl carbamates (subject to hydrolysis) is 1. The molecule has 2 aromatic rings. The summed E-state index contributed by atoms with van der Waals surface area (Å²) in [6.07, 6.45) is 3.84. The van der Waals surface area contributed by atoms with Gasteiger partial charge < -0.3 is 14.6 Å². The van der Waals surface area contributed by atoms with E-state index in [-0.39, 0.29) is 5.82 Å². The molecule has 7 heteroatoms. The summed E-state index contributed by atoms with van der Waals surface area (Å²) >= 11 is 0. The highest BCUT2D eigenvalue weighted by atomic mass is 19.1. The van der Waals surface area contributed by atoms with Gasteiger partial charge in [0.05, 0.1) is 0 Å². The Morgan fingerprint density at radius 2 is 2.00 bits per heavy atom. The van der Waals surface area contributed by atoms with Gasteiger partial charge in [-0.25, -0.2) is 9.18 Å². The van der Waals surface area contributed by atoms with Gasteiger partial charge in [0.2, 0.25) is 5.82 Å². The summed E-state index contributed by atoms with van der Waals surface area (Å²) in [7, 11) is 0. The van der Waals surface area contributed by atoms with Crippen molar-refractivity contribution in [3.63, 3.8) is 0 Å². The number of hydrogen-bond donors (Lipinski definition) is 1. The van der Waals surface area contributed by atoms with Gasteiger partial charge >= 0.3 is 6.09 Å². The van der Waals surface area contributed by atoms with Crippen LogP contribution in [0.4, 0.5) is 9.18 Å². The van der Waals surface area contributed by atoms with Crippen molar-refractivity contribution in [3.05, 3.63) is 36.0 Å². The van der Waals surface area contributed by atoms with Crippen LogP contribution in [0.5, 0.6) is 0 Å². The number of halogens is 1. The number of rotatable bonds is 3. The highest BCUT2D eigenvalue weighted by molar-refractivity contribution is 5.69. The second kappa shape index (κ2) is 7.05. The van der Waals surface area contributed by atoms with Crippen LogP contribution in [0.1, 0.15) is 58.8 Å². The maximum absolute atomic E-state index is 13.5. The van der Waals surface area contributed by atoms with Crippen LogP contribution in [0.3, 0.4) is 0 Å². The molecule has 0 atom stereocenters.